The van der Waals surface area contributed by atoms with Crippen LogP contribution in [0, 0.1) is 13.8 Å². The Kier molecular flexibility index (Phi) is 4.73. The van der Waals surface area contributed by atoms with Crippen molar-refractivity contribution in [1.29, 1.82) is 0 Å². The SMILES string of the molecule is CCOCCn1c(=NC(C)=O)sc2c(C)cc(C)cc21. The van der Waals surface area contributed by atoms with Gasteiger partial charge < -0.3 is 9.30 Å². The molecule has 0 N–H and O–H groups in total. The van der Waals surface area contributed by atoms with Crippen LogP contribution >= 0.6 is 11.3 Å². The molecule has 1 amide bonds. The number of benzene rings is 1. The molecule has 1 heterocycles. The Morgan fingerprint density at radius 2 is 2.15 bits per heavy atom. The topological polar surface area (TPSA) is 43.6 Å². The van der Waals surface area contributed by atoms with Crippen LogP contribution in [0.5, 0.6) is 0 Å². The Morgan fingerprint density at radius 3 is 2.80 bits per heavy atom. The summed E-state index contributed by atoms with van der Waals surface area (Å²) in [7, 11) is 0. The largest absolute Gasteiger partial charge is 0.380 e. The summed E-state index contributed by atoms with van der Waals surface area (Å²) in [5.74, 6) is -0.170. The molecule has 5 heteroatoms. The van der Waals surface area contributed by atoms with E-state index in [2.05, 4.69) is 35.5 Å². The molecule has 0 saturated heterocycles. The predicted octanol–water partition coefficient (Wildman–Crippen LogP) is 2.80. The third kappa shape index (κ3) is 3.16. The normalized spacial score (nSPS) is 12.3. The minimum atomic E-state index is -0.170. The summed E-state index contributed by atoms with van der Waals surface area (Å²) in [5, 5.41) is 0. The number of aromatic nitrogens is 1. The van der Waals surface area contributed by atoms with E-state index in [-0.39, 0.29) is 5.91 Å². The second kappa shape index (κ2) is 6.33. The summed E-state index contributed by atoms with van der Waals surface area (Å²) in [6.07, 6.45) is 0. The number of thiazole rings is 1. The number of carbonyl (C=O) groups is 1. The summed E-state index contributed by atoms with van der Waals surface area (Å²) >= 11 is 1.57. The molecule has 1 aromatic carbocycles. The van der Waals surface area contributed by atoms with E-state index >= 15 is 0 Å². The van der Waals surface area contributed by atoms with Gasteiger partial charge in [-0.15, -0.1) is 0 Å². The second-order valence-corrected chi connectivity index (χ2v) is 5.77. The molecule has 0 saturated carbocycles. The molecule has 0 atom stereocenters. The number of nitrogens with zero attached hydrogens (tertiary/aromatic N) is 2. The van der Waals surface area contributed by atoms with Crippen LogP contribution in [0.4, 0.5) is 0 Å². The number of ether oxygens (including phenoxy) is 1. The van der Waals surface area contributed by atoms with Crippen LogP contribution in [-0.4, -0.2) is 23.7 Å². The zero-order valence-electron chi connectivity index (χ0n) is 12.4. The van der Waals surface area contributed by atoms with Gasteiger partial charge in [0.2, 0.25) is 5.91 Å². The summed E-state index contributed by atoms with van der Waals surface area (Å²) < 4.78 is 8.70. The quantitative estimate of drug-likeness (QED) is 0.813. The van der Waals surface area contributed by atoms with Crippen LogP contribution in [0.1, 0.15) is 25.0 Å². The van der Waals surface area contributed by atoms with E-state index in [0.717, 1.165) is 10.3 Å². The Balaban J connectivity index is 2.62. The van der Waals surface area contributed by atoms with Crippen LogP contribution < -0.4 is 4.80 Å². The highest BCUT2D eigenvalue weighted by Gasteiger charge is 2.09. The summed E-state index contributed by atoms with van der Waals surface area (Å²) in [5.41, 5.74) is 3.57. The van der Waals surface area contributed by atoms with Crippen molar-refractivity contribution in [1.82, 2.24) is 4.57 Å². The number of hydrogen-bond donors (Lipinski definition) is 0. The number of carbonyl (C=O) groups excluding carboxylic acids is 1. The fourth-order valence-corrected chi connectivity index (χ4v) is 3.40. The van der Waals surface area contributed by atoms with Crippen LogP contribution in [0.3, 0.4) is 0 Å². The Morgan fingerprint density at radius 1 is 1.40 bits per heavy atom. The molecule has 20 heavy (non-hydrogen) atoms. The molecule has 108 valence electrons. The fraction of sp³-hybridized carbons (Fsp3) is 0.467. The summed E-state index contributed by atoms with van der Waals surface area (Å²) in [6.45, 7) is 9.67. The molecule has 0 spiro atoms. The van der Waals surface area contributed by atoms with E-state index in [1.807, 2.05) is 6.92 Å². The number of amides is 1. The second-order valence-electron chi connectivity index (χ2n) is 4.79. The van der Waals surface area contributed by atoms with Gasteiger partial charge in [-0.25, -0.2) is 0 Å². The van der Waals surface area contributed by atoms with Crippen molar-refractivity contribution in [2.45, 2.75) is 34.2 Å². The lowest BCUT2D eigenvalue weighted by Gasteiger charge is -2.06. The van der Waals surface area contributed by atoms with E-state index < -0.39 is 0 Å². The van der Waals surface area contributed by atoms with Gasteiger partial charge in [-0.3, -0.25) is 4.79 Å². The lowest BCUT2D eigenvalue weighted by Crippen LogP contribution is -2.19. The molecule has 2 aromatic rings. The van der Waals surface area contributed by atoms with Gasteiger partial charge in [0.1, 0.15) is 0 Å². The van der Waals surface area contributed by atoms with E-state index in [0.29, 0.717) is 19.8 Å². The molecular weight excluding hydrogens is 272 g/mol. The maximum Gasteiger partial charge on any atom is 0.245 e. The highest BCUT2D eigenvalue weighted by molar-refractivity contribution is 7.16. The number of aryl methyl sites for hydroxylation is 2. The lowest BCUT2D eigenvalue weighted by molar-refractivity contribution is -0.116. The summed E-state index contributed by atoms with van der Waals surface area (Å²) in [6, 6.07) is 4.30. The van der Waals surface area contributed by atoms with Crippen molar-refractivity contribution in [3.8, 4) is 0 Å². The Labute approximate surface area is 122 Å². The zero-order valence-corrected chi connectivity index (χ0v) is 13.2. The molecule has 0 aliphatic rings. The fourth-order valence-electron chi connectivity index (χ4n) is 2.25. The molecule has 0 radical (unpaired) electrons. The highest BCUT2D eigenvalue weighted by atomic mass is 32.1. The van der Waals surface area contributed by atoms with Crippen LogP contribution in [0.2, 0.25) is 0 Å². The molecule has 0 fully saturated rings. The molecule has 2 rings (SSSR count). The average Bonchev–Trinajstić information content (AvgIpc) is 2.68. The Bertz CT molecular complexity index is 698. The van der Waals surface area contributed by atoms with Crippen LogP contribution in [0.15, 0.2) is 17.1 Å². The first kappa shape index (κ1) is 14.9. The van der Waals surface area contributed by atoms with E-state index in [9.17, 15) is 4.79 Å². The van der Waals surface area contributed by atoms with Gasteiger partial charge in [-0.05, 0) is 38.0 Å². The monoisotopic (exact) mass is 292 g/mol. The lowest BCUT2D eigenvalue weighted by atomic mass is 10.1. The molecular formula is C15H20N2O2S. The van der Waals surface area contributed by atoms with Crippen molar-refractivity contribution in [2.24, 2.45) is 4.99 Å². The minimum absolute atomic E-state index is 0.170. The van der Waals surface area contributed by atoms with Gasteiger partial charge in [0.05, 0.1) is 16.8 Å². The maximum absolute atomic E-state index is 11.3. The van der Waals surface area contributed by atoms with E-state index in [1.165, 1.54) is 22.8 Å². The molecule has 0 aliphatic heterocycles. The van der Waals surface area contributed by atoms with Gasteiger partial charge in [-0.1, -0.05) is 17.4 Å². The standard InChI is InChI=1S/C15H20N2O2S/c1-5-19-7-6-17-13-9-10(2)8-11(3)14(13)20-15(17)16-12(4)18/h8-9H,5-7H2,1-4H3. The molecule has 0 unspecified atom stereocenters. The number of rotatable bonds is 4. The maximum atomic E-state index is 11.3. The smallest absolute Gasteiger partial charge is 0.245 e. The van der Waals surface area contributed by atoms with Crippen LogP contribution in [-0.2, 0) is 16.1 Å². The Hall–Kier alpha value is -1.46. The molecule has 0 aliphatic carbocycles. The van der Waals surface area contributed by atoms with Gasteiger partial charge in [0.25, 0.3) is 0 Å². The first-order chi connectivity index (χ1) is 9.52. The first-order valence-corrected chi connectivity index (χ1v) is 7.58. The van der Waals surface area contributed by atoms with Crippen molar-refractivity contribution in [3.05, 3.63) is 28.1 Å². The van der Waals surface area contributed by atoms with Crippen LogP contribution in [0.25, 0.3) is 10.2 Å². The van der Waals surface area contributed by atoms with Gasteiger partial charge in [-0.2, -0.15) is 4.99 Å². The first-order valence-electron chi connectivity index (χ1n) is 6.76. The average molecular weight is 292 g/mol. The third-order valence-electron chi connectivity index (χ3n) is 3.03. The molecule has 4 nitrogen and oxygen atoms in total. The van der Waals surface area contributed by atoms with Gasteiger partial charge in [0.15, 0.2) is 4.80 Å². The van der Waals surface area contributed by atoms with E-state index in [4.69, 9.17) is 4.74 Å². The van der Waals surface area contributed by atoms with E-state index in [1.54, 1.807) is 11.3 Å². The third-order valence-corrected chi connectivity index (χ3v) is 4.26. The highest BCUT2D eigenvalue weighted by Crippen LogP contribution is 2.23. The minimum Gasteiger partial charge on any atom is -0.380 e. The molecule has 1 aromatic heterocycles. The van der Waals surface area contributed by atoms with Crippen molar-refractivity contribution in [3.63, 3.8) is 0 Å². The van der Waals surface area contributed by atoms with Crippen molar-refractivity contribution in [2.75, 3.05) is 13.2 Å². The van der Waals surface area contributed by atoms with Crippen molar-refractivity contribution >= 4 is 27.5 Å². The predicted molar refractivity (Wildman–Crippen MR) is 82.0 cm³/mol. The van der Waals surface area contributed by atoms with Gasteiger partial charge in [0, 0.05) is 20.1 Å². The summed E-state index contributed by atoms with van der Waals surface area (Å²) in [4.78, 5) is 16.2. The van der Waals surface area contributed by atoms with Gasteiger partial charge >= 0.3 is 0 Å². The number of fused-ring (bicyclic) bond motifs is 1. The zero-order chi connectivity index (χ0) is 14.7. The molecule has 0 bridgehead atoms. The number of hydrogen-bond acceptors (Lipinski definition) is 3. The van der Waals surface area contributed by atoms with Crippen molar-refractivity contribution < 1.29 is 9.53 Å².